The molecule has 1 fully saturated rings. The number of aromatic hydroxyl groups is 1. The lowest BCUT2D eigenvalue weighted by molar-refractivity contribution is -0.142. The lowest BCUT2D eigenvalue weighted by Crippen LogP contribution is -2.79. The van der Waals surface area contributed by atoms with Crippen LogP contribution < -0.4 is 22.1 Å². The molecule has 11 nitrogen and oxygen atoms in total. The molecule has 0 saturated heterocycles. The zero-order valence-electron chi connectivity index (χ0n) is 25.5. The fourth-order valence-corrected chi connectivity index (χ4v) is 7.66. The van der Waals surface area contributed by atoms with E-state index in [0.29, 0.717) is 16.8 Å². The summed E-state index contributed by atoms with van der Waals surface area (Å²) < 4.78 is 0. The minimum absolute atomic E-state index is 0.0157. The Bertz CT molecular complexity index is 1690. The van der Waals surface area contributed by atoms with Gasteiger partial charge in [-0.1, -0.05) is 29.3 Å². The van der Waals surface area contributed by atoms with E-state index in [1.807, 2.05) is 57.1 Å². The molecule has 0 spiro atoms. The van der Waals surface area contributed by atoms with E-state index >= 15 is 0 Å². The number of phenolic OH excluding ortho intramolecular Hbond substituents is 1. The Labute approximate surface area is 250 Å². The SMILES string of the molecule is Cc1cc(C)cc(-c2cc(N(C)C)c3c(c2O)C(O)=C2C(=O)[C@]4(C)C(O)=C(C(N)=O)C(=O)[C@@H](N(C)C)[C@]4(N)C[C@]2(N)C3)c1. The van der Waals surface area contributed by atoms with Gasteiger partial charge in [-0.15, -0.1) is 0 Å². The second-order valence-electron chi connectivity index (χ2n) is 13.0. The molecule has 0 heterocycles. The van der Waals surface area contributed by atoms with Gasteiger partial charge in [0.2, 0.25) is 0 Å². The average Bonchev–Trinajstić information content (AvgIpc) is 2.85. The number of rotatable bonds is 4. The van der Waals surface area contributed by atoms with Gasteiger partial charge in [0.1, 0.15) is 28.3 Å². The molecule has 3 aliphatic carbocycles. The van der Waals surface area contributed by atoms with Crippen LogP contribution in [0.3, 0.4) is 0 Å². The molecular weight excluding hydrogens is 550 g/mol. The van der Waals surface area contributed by atoms with E-state index < -0.39 is 57.1 Å². The molecule has 0 radical (unpaired) electrons. The van der Waals surface area contributed by atoms with E-state index in [9.17, 15) is 29.7 Å². The molecule has 4 atom stereocenters. The maximum Gasteiger partial charge on any atom is 0.255 e. The molecular formula is C32H39N5O6. The van der Waals surface area contributed by atoms with Crippen LogP contribution in [0.4, 0.5) is 5.69 Å². The van der Waals surface area contributed by atoms with Crippen LogP contribution in [0.5, 0.6) is 5.75 Å². The van der Waals surface area contributed by atoms with Gasteiger partial charge in [-0.05, 0) is 64.9 Å². The van der Waals surface area contributed by atoms with Gasteiger partial charge < -0.3 is 37.4 Å². The van der Waals surface area contributed by atoms with Gasteiger partial charge in [0.05, 0.1) is 28.3 Å². The number of hydrogen-bond acceptors (Lipinski definition) is 10. The quantitative estimate of drug-likeness (QED) is 0.286. The van der Waals surface area contributed by atoms with Crippen LogP contribution in [0.2, 0.25) is 0 Å². The summed E-state index contributed by atoms with van der Waals surface area (Å²) in [5, 5.41) is 35.0. The fourth-order valence-electron chi connectivity index (χ4n) is 7.66. The van der Waals surface area contributed by atoms with Crippen molar-refractivity contribution in [2.75, 3.05) is 33.1 Å². The molecule has 0 aliphatic heterocycles. The number of hydrogen-bond donors (Lipinski definition) is 6. The number of carbonyl (C=O) groups excluding carboxylic acids is 3. The molecule has 1 amide bonds. The molecule has 2 aromatic carbocycles. The van der Waals surface area contributed by atoms with E-state index in [1.54, 1.807) is 14.1 Å². The van der Waals surface area contributed by atoms with Crippen LogP contribution >= 0.6 is 0 Å². The first kappa shape index (κ1) is 30.3. The number of phenols is 1. The van der Waals surface area contributed by atoms with Crippen molar-refractivity contribution in [2.45, 2.75) is 50.7 Å². The Kier molecular flexibility index (Phi) is 6.62. The van der Waals surface area contributed by atoms with Crippen LogP contribution in [-0.2, 0) is 20.8 Å². The summed E-state index contributed by atoms with van der Waals surface area (Å²) in [4.78, 5) is 43.9. The highest BCUT2D eigenvalue weighted by atomic mass is 16.3. The lowest BCUT2D eigenvalue weighted by Gasteiger charge is -2.60. The minimum Gasteiger partial charge on any atom is -0.510 e. The van der Waals surface area contributed by atoms with Gasteiger partial charge in [-0.2, -0.15) is 0 Å². The average molecular weight is 590 g/mol. The van der Waals surface area contributed by atoms with E-state index in [1.165, 1.54) is 11.8 Å². The number of benzene rings is 2. The number of anilines is 1. The van der Waals surface area contributed by atoms with Crippen molar-refractivity contribution in [2.24, 2.45) is 22.6 Å². The Balaban J connectivity index is 1.86. The smallest absolute Gasteiger partial charge is 0.255 e. The molecule has 228 valence electrons. The molecule has 1 saturated carbocycles. The second-order valence-corrected chi connectivity index (χ2v) is 13.0. The summed E-state index contributed by atoms with van der Waals surface area (Å²) in [6.45, 7) is 5.22. The van der Waals surface area contributed by atoms with Crippen molar-refractivity contribution >= 4 is 28.9 Å². The zero-order chi connectivity index (χ0) is 32.1. The number of fused-ring (bicyclic) bond motifs is 3. The number of likely N-dealkylation sites (N-methyl/N-ethyl adjacent to an activating group) is 1. The van der Waals surface area contributed by atoms with Crippen LogP contribution in [-0.4, -0.2) is 83.0 Å². The van der Waals surface area contributed by atoms with Gasteiger partial charge in [-0.3, -0.25) is 19.3 Å². The highest BCUT2D eigenvalue weighted by molar-refractivity contribution is 6.25. The molecule has 5 rings (SSSR count). The van der Waals surface area contributed by atoms with Crippen LogP contribution in [0.15, 0.2) is 41.2 Å². The third-order valence-corrected chi connectivity index (χ3v) is 9.54. The van der Waals surface area contributed by atoms with Crippen LogP contribution in [0, 0.1) is 19.3 Å². The van der Waals surface area contributed by atoms with Gasteiger partial charge in [0, 0.05) is 25.3 Å². The predicted octanol–water partition coefficient (Wildman–Crippen LogP) is 1.75. The van der Waals surface area contributed by atoms with Crippen molar-refractivity contribution in [3.63, 3.8) is 0 Å². The first-order valence-electron chi connectivity index (χ1n) is 14.0. The second kappa shape index (κ2) is 9.40. The van der Waals surface area contributed by atoms with Crippen molar-refractivity contribution in [3.8, 4) is 16.9 Å². The van der Waals surface area contributed by atoms with Crippen molar-refractivity contribution in [3.05, 3.63) is 63.4 Å². The predicted molar refractivity (Wildman–Crippen MR) is 163 cm³/mol. The fraction of sp³-hybridized carbons (Fsp3) is 0.406. The third kappa shape index (κ3) is 3.88. The summed E-state index contributed by atoms with van der Waals surface area (Å²) in [5.41, 5.74) is 17.5. The normalized spacial score (nSPS) is 28.6. The minimum atomic E-state index is -2.06. The highest BCUT2D eigenvalue weighted by Gasteiger charge is 2.71. The number of Topliss-reactive ketones (excluding diaryl/α,β-unsaturated/α-hetero) is 2. The Morgan fingerprint density at radius 2 is 1.56 bits per heavy atom. The summed E-state index contributed by atoms with van der Waals surface area (Å²) in [7, 11) is 6.78. The molecule has 11 heteroatoms. The summed E-state index contributed by atoms with van der Waals surface area (Å²) in [6, 6.07) is 6.40. The van der Waals surface area contributed by atoms with Crippen LogP contribution in [0.25, 0.3) is 16.9 Å². The monoisotopic (exact) mass is 589 g/mol. The number of aliphatic hydroxyl groups is 2. The van der Waals surface area contributed by atoms with E-state index in [0.717, 1.165) is 16.7 Å². The number of amides is 1. The largest absolute Gasteiger partial charge is 0.510 e. The van der Waals surface area contributed by atoms with E-state index in [-0.39, 0.29) is 29.7 Å². The number of carbonyl (C=O) groups is 3. The number of nitrogens with two attached hydrogens (primary N) is 3. The van der Waals surface area contributed by atoms with E-state index in [4.69, 9.17) is 17.2 Å². The Morgan fingerprint density at radius 3 is 2.07 bits per heavy atom. The summed E-state index contributed by atoms with van der Waals surface area (Å²) in [6.07, 6.45) is -0.240. The summed E-state index contributed by atoms with van der Waals surface area (Å²) >= 11 is 0. The zero-order valence-corrected chi connectivity index (χ0v) is 25.5. The number of aryl methyl sites for hydroxylation is 2. The topological polar surface area (TPSA) is 196 Å². The molecule has 0 bridgehead atoms. The van der Waals surface area contributed by atoms with Gasteiger partial charge >= 0.3 is 0 Å². The Morgan fingerprint density at radius 1 is 0.977 bits per heavy atom. The standard InChI is InChI=1S/C32H39N5O6/c1-14-8-15(2)10-16(9-14)17-11-19(36(4)5)18-12-31(34)13-32(35)26(37(6)7)25(40)21(29(33)43)27(41)30(32,3)28(42)22(31)24(39)20(18)23(17)38/h8-11,26,38-39,41H,12-13,34-35H2,1-7H3,(H2,33,43)/t26-,30+,31-,32-/m1/s1. The number of aliphatic hydroxyl groups excluding tert-OH is 2. The Hall–Kier alpha value is -4.19. The molecule has 0 unspecified atom stereocenters. The lowest BCUT2D eigenvalue weighted by atomic mass is 9.47. The number of nitrogens with zero attached hydrogens (tertiary/aromatic N) is 2. The molecule has 43 heavy (non-hydrogen) atoms. The molecule has 3 aliphatic rings. The van der Waals surface area contributed by atoms with Crippen molar-refractivity contribution < 1.29 is 29.7 Å². The first-order chi connectivity index (χ1) is 19.8. The van der Waals surface area contributed by atoms with E-state index in [2.05, 4.69) is 0 Å². The maximum atomic E-state index is 14.6. The number of primary amides is 1. The number of ketones is 2. The first-order valence-corrected chi connectivity index (χ1v) is 14.0. The summed E-state index contributed by atoms with van der Waals surface area (Å²) in [5.74, 6) is -4.51. The van der Waals surface area contributed by atoms with Gasteiger partial charge in [-0.25, -0.2) is 0 Å². The highest BCUT2D eigenvalue weighted by Crippen LogP contribution is 2.59. The van der Waals surface area contributed by atoms with Crippen molar-refractivity contribution in [1.82, 2.24) is 4.90 Å². The third-order valence-electron chi connectivity index (χ3n) is 9.54. The molecule has 2 aromatic rings. The van der Waals surface area contributed by atoms with Crippen LogP contribution in [0.1, 0.15) is 35.6 Å². The van der Waals surface area contributed by atoms with Crippen molar-refractivity contribution in [1.29, 1.82) is 0 Å². The van der Waals surface area contributed by atoms with Gasteiger partial charge in [0.15, 0.2) is 11.6 Å². The molecule has 0 aromatic heterocycles. The molecule has 9 N–H and O–H groups in total. The maximum absolute atomic E-state index is 14.6. The van der Waals surface area contributed by atoms with Gasteiger partial charge in [0.25, 0.3) is 5.91 Å².